The topological polar surface area (TPSA) is 37.3 Å². The Morgan fingerprint density at radius 2 is 2.00 bits per heavy atom. The second-order valence-corrected chi connectivity index (χ2v) is 5.84. The first-order chi connectivity index (χ1) is 9.52. The van der Waals surface area contributed by atoms with Crippen LogP contribution in [0.4, 0.5) is 0 Å². The van der Waals surface area contributed by atoms with Crippen LogP contribution in [0.1, 0.15) is 36.6 Å². The van der Waals surface area contributed by atoms with E-state index in [1.807, 2.05) is 32.0 Å². The normalized spacial score (nSPS) is 12.8. The lowest BCUT2D eigenvalue weighted by Crippen LogP contribution is -3.07. The van der Waals surface area contributed by atoms with Gasteiger partial charge in [-0.25, -0.2) is 0 Å². The third kappa shape index (κ3) is 3.10. The molecule has 1 atom stereocenters. The highest BCUT2D eigenvalue weighted by molar-refractivity contribution is 5.80. The predicted molar refractivity (Wildman–Crippen MR) is 84.4 cm³/mol. The van der Waals surface area contributed by atoms with E-state index in [1.54, 1.807) is 0 Å². The van der Waals surface area contributed by atoms with Gasteiger partial charge >= 0.3 is 0 Å². The number of rotatable bonds is 5. The number of fused-ring (bicyclic) bond motifs is 1. The molecule has 0 fully saturated rings. The quantitative estimate of drug-likeness (QED) is 0.858. The van der Waals surface area contributed by atoms with E-state index < -0.39 is 0 Å². The van der Waals surface area contributed by atoms with E-state index in [0.29, 0.717) is 0 Å². The molecule has 2 rings (SSSR count). The molecule has 2 aromatic rings. The van der Waals surface area contributed by atoms with Crippen LogP contribution in [0.25, 0.3) is 10.9 Å². The van der Waals surface area contributed by atoms with E-state index in [-0.39, 0.29) is 5.43 Å². The maximum Gasteiger partial charge on any atom is 0.198 e. The van der Waals surface area contributed by atoms with Crippen molar-refractivity contribution in [1.82, 2.24) is 4.98 Å². The molecular formula is C17H25N2O+. The van der Waals surface area contributed by atoms with Crippen LogP contribution in [0, 0.1) is 13.8 Å². The molecule has 0 saturated carbocycles. The van der Waals surface area contributed by atoms with Gasteiger partial charge in [0.1, 0.15) is 6.54 Å². The van der Waals surface area contributed by atoms with Crippen molar-refractivity contribution in [2.75, 3.05) is 13.6 Å². The fraction of sp³-hybridized carbons (Fsp3) is 0.471. The molecule has 0 radical (unpaired) electrons. The van der Waals surface area contributed by atoms with Gasteiger partial charge in [-0.15, -0.1) is 0 Å². The van der Waals surface area contributed by atoms with Crippen LogP contribution in [0.2, 0.25) is 0 Å². The van der Waals surface area contributed by atoms with Crippen LogP contribution in [-0.4, -0.2) is 18.6 Å². The van der Waals surface area contributed by atoms with Gasteiger partial charge in [0.05, 0.1) is 19.2 Å². The van der Waals surface area contributed by atoms with Crippen LogP contribution >= 0.6 is 0 Å². The standard InChI is InChI=1S/C17H24N2O/c1-5-6-9-19(4)11-15-13(3)18-16-8-7-12(2)10-14(16)17(15)20/h7-8,10H,5-6,9,11H2,1-4H3,(H,18,20)/p+1. The molecule has 3 heteroatoms. The summed E-state index contributed by atoms with van der Waals surface area (Å²) in [5.74, 6) is 0. The number of hydrogen-bond donors (Lipinski definition) is 2. The summed E-state index contributed by atoms with van der Waals surface area (Å²) in [5, 5.41) is 0.814. The minimum absolute atomic E-state index is 0.191. The molecule has 0 saturated heterocycles. The number of nitrogens with one attached hydrogen (secondary N) is 2. The summed E-state index contributed by atoms with van der Waals surface area (Å²) in [6, 6.07) is 6.02. The second kappa shape index (κ2) is 6.23. The first-order valence-electron chi connectivity index (χ1n) is 7.46. The Morgan fingerprint density at radius 1 is 1.25 bits per heavy atom. The first-order valence-corrected chi connectivity index (χ1v) is 7.46. The lowest BCUT2D eigenvalue weighted by molar-refractivity contribution is -0.894. The number of H-pyrrole nitrogens is 1. The number of pyridine rings is 1. The highest BCUT2D eigenvalue weighted by Crippen LogP contribution is 2.12. The van der Waals surface area contributed by atoms with E-state index in [2.05, 4.69) is 19.0 Å². The Morgan fingerprint density at radius 3 is 2.70 bits per heavy atom. The monoisotopic (exact) mass is 273 g/mol. The van der Waals surface area contributed by atoms with Crippen molar-refractivity contribution in [3.8, 4) is 0 Å². The number of unbranched alkanes of at least 4 members (excludes halogenated alkanes) is 1. The van der Waals surface area contributed by atoms with Crippen LogP contribution in [0.15, 0.2) is 23.0 Å². The number of quaternary nitrogens is 1. The molecule has 0 spiro atoms. The van der Waals surface area contributed by atoms with Gasteiger partial charge < -0.3 is 9.88 Å². The Labute approximate surface area is 120 Å². The Kier molecular flexibility index (Phi) is 4.61. The van der Waals surface area contributed by atoms with Crippen LogP contribution < -0.4 is 10.3 Å². The molecule has 0 aliphatic rings. The largest absolute Gasteiger partial charge is 0.358 e. The number of aromatic nitrogens is 1. The number of aryl methyl sites for hydroxylation is 2. The summed E-state index contributed by atoms with van der Waals surface area (Å²) < 4.78 is 0. The zero-order valence-electron chi connectivity index (χ0n) is 13.0. The van der Waals surface area contributed by atoms with Gasteiger partial charge in [-0.2, -0.15) is 0 Å². The fourth-order valence-corrected chi connectivity index (χ4v) is 2.65. The Hall–Kier alpha value is -1.61. The molecule has 1 aromatic carbocycles. The maximum atomic E-state index is 12.7. The summed E-state index contributed by atoms with van der Waals surface area (Å²) in [7, 11) is 2.16. The van der Waals surface area contributed by atoms with Crippen molar-refractivity contribution in [3.63, 3.8) is 0 Å². The molecule has 0 amide bonds. The first kappa shape index (κ1) is 14.8. The fourth-order valence-electron chi connectivity index (χ4n) is 2.65. The molecule has 0 bridgehead atoms. The van der Waals surface area contributed by atoms with Crippen molar-refractivity contribution in [2.45, 2.75) is 40.2 Å². The molecular weight excluding hydrogens is 248 g/mol. The molecule has 0 aliphatic carbocycles. The highest BCUT2D eigenvalue weighted by atomic mass is 16.1. The Balaban J connectivity index is 2.40. The van der Waals surface area contributed by atoms with Crippen molar-refractivity contribution in [1.29, 1.82) is 0 Å². The molecule has 2 N–H and O–H groups in total. The smallest absolute Gasteiger partial charge is 0.198 e. The van der Waals surface area contributed by atoms with Crippen molar-refractivity contribution in [2.24, 2.45) is 0 Å². The number of hydrogen-bond acceptors (Lipinski definition) is 1. The SMILES string of the molecule is CCCC[NH+](C)Cc1c(C)[nH]c2ccc(C)cc2c1=O. The van der Waals surface area contributed by atoms with Crippen molar-refractivity contribution < 1.29 is 4.90 Å². The van der Waals surface area contributed by atoms with E-state index in [9.17, 15) is 4.79 Å². The third-order valence-electron chi connectivity index (χ3n) is 3.90. The zero-order valence-corrected chi connectivity index (χ0v) is 13.0. The highest BCUT2D eigenvalue weighted by Gasteiger charge is 2.13. The van der Waals surface area contributed by atoms with Gasteiger partial charge in [-0.3, -0.25) is 4.79 Å². The van der Waals surface area contributed by atoms with Crippen LogP contribution in [0.3, 0.4) is 0 Å². The van der Waals surface area contributed by atoms with Gasteiger partial charge in [0.2, 0.25) is 0 Å². The minimum atomic E-state index is 0.191. The summed E-state index contributed by atoms with van der Waals surface area (Å²) in [6.45, 7) is 8.14. The summed E-state index contributed by atoms with van der Waals surface area (Å²) in [6.07, 6.45) is 2.40. The van der Waals surface area contributed by atoms with Crippen molar-refractivity contribution in [3.05, 3.63) is 45.2 Å². The second-order valence-electron chi connectivity index (χ2n) is 5.84. The van der Waals surface area contributed by atoms with Gasteiger partial charge in [-0.05, 0) is 32.4 Å². The summed E-state index contributed by atoms with van der Waals surface area (Å²) in [4.78, 5) is 17.4. The molecule has 0 aliphatic heterocycles. The lowest BCUT2D eigenvalue weighted by Gasteiger charge is -2.15. The molecule has 1 unspecified atom stereocenters. The summed E-state index contributed by atoms with van der Waals surface area (Å²) >= 11 is 0. The van der Waals surface area contributed by atoms with E-state index in [0.717, 1.165) is 40.8 Å². The Bertz CT molecular complexity index is 658. The van der Waals surface area contributed by atoms with Gasteiger partial charge in [0, 0.05) is 16.6 Å². The lowest BCUT2D eigenvalue weighted by atomic mass is 10.1. The van der Waals surface area contributed by atoms with Crippen LogP contribution in [0.5, 0.6) is 0 Å². The number of aromatic amines is 1. The minimum Gasteiger partial charge on any atom is -0.358 e. The molecule has 108 valence electrons. The molecule has 1 aromatic heterocycles. The summed E-state index contributed by atoms with van der Waals surface area (Å²) in [5.41, 5.74) is 4.19. The predicted octanol–water partition coefficient (Wildman–Crippen LogP) is 1.96. The molecule has 1 heterocycles. The molecule has 20 heavy (non-hydrogen) atoms. The zero-order chi connectivity index (χ0) is 14.7. The van der Waals surface area contributed by atoms with Gasteiger partial charge in [0.15, 0.2) is 5.43 Å². The van der Waals surface area contributed by atoms with Gasteiger partial charge in [-0.1, -0.05) is 25.0 Å². The third-order valence-corrected chi connectivity index (χ3v) is 3.90. The van der Waals surface area contributed by atoms with E-state index >= 15 is 0 Å². The van der Waals surface area contributed by atoms with E-state index in [4.69, 9.17) is 0 Å². The number of benzene rings is 1. The van der Waals surface area contributed by atoms with Crippen molar-refractivity contribution >= 4 is 10.9 Å². The maximum absolute atomic E-state index is 12.7. The average Bonchev–Trinajstić information content (AvgIpc) is 2.42. The van der Waals surface area contributed by atoms with Crippen LogP contribution in [-0.2, 0) is 6.54 Å². The molecule has 3 nitrogen and oxygen atoms in total. The van der Waals surface area contributed by atoms with E-state index in [1.165, 1.54) is 17.7 Å². The van der Waals surface area contributed by atoms with Gasteiger partial charge in [0.25, 0.3) is 0 Å². The average molecular weight is 273 g/mol.